The Kier molecular flexibility index (Phi) is 4.42. The summed E-state index contributed by atoms with van der Waals surface area (Å²) in [6, 6.07) is 4.29. The minimum Gasteiger partial charge on any atom is -0.493 e. The summed E-state index contributed by atoms with van der Waals surface area (Å²) in [6.45, 7) is 4.94. The summed E-state index contributed by atoms with van der Waals surface area (Å²) in [7, 11) is 0. The van der Waals surface area contributed by atoms with Gasteiger partial charge in [0.25, 0.3) is 0 Å². The van der Waals surface area contributed by atoms with Gasteiger partial charge in [0.1, 0.15) is 5.75 Å². The van der Waals surface area contributed by atoms with Gasteiger partial charge in [-0.25, -0.2) is 0 Å². The van der Waals surface area contributed by atoms with E-state index in [-0.39, 0.29) is 12.3 Å². The fourth-order valence-corrected chi connectivity index (χ4v) is 3.54. The van der Waals surface area contributed by atoms with Crippen LogP contribution >= 0.6 is 0 Å². The van der Waals surface area contributed by atoms with Crippen molar-refractivity contribution in [2.45, 2.75) is 58.3 Å². The van der Waals surface area contributed by atoms with Crippen LogP contribution in [0.5, 0.6) is 5.75 Å². The zero-order valence-electron chi connectivity index (χ0n) is 13.6. The maximum Gasteiger partial charge on any atom is 0.303 e. The number of hydrogen-bond donors (Lipinski definition) is 1. The number of benzene rings is 1. The number of rotatable bonds is 7. The van der Waals surface area contributed by atoms with Crippen LogP contribution < -0.4 is 4.74 Å². The number of aliphatic carboxylic acids is 1. The van der Waals surface area contributed by atoms with Crippen LogP contribution in [0.4, 0.5) is 0 Å². The van der Waals surface area contributed by atoms with Crippen LogP contribution in [-0.2, 0) is 4.79 Å². The first-order chi connectivity index (χ1) is 10.5. The zero-order chi connectivity index (χ0) is 15.7. The predicted octanol–water partition coefficient (Wildman–Crippen LogP) is 4.45. The van der Waals surface area contributed by atoms with E-state index in [4.69, 9.17) is 4.74 Å². The van der Waals surface area contributed by atoms with E-state index in [1.54, 1.807) is 0 Å². The van der Waals surface area contributed by atoms with Gasteiger partial charge in [0.15, 0.2) is 0 Å². The third-order valence-corrected chi connectivity index (χ3v) is 5.12. The highest BCUT2D eigenvalue weighted by Gasteiger charge is 2.36. The van der Waals surface area contributed by atoms with Crippen LogP contribution in [0.3, 0.4) is 0 Å². The number of hydrogen-bond acceptors (Lipinski definition) is 2. The van der Waals surface area contributed by atoms with E-state index >= 15 is 0 Å². The van der Waals surface area contributed by atoms with Gasteiger partial charge in [-0.15, -0.1) is 0 Å². The van der Waals surface area contributed by atoms with Crippen molar-refractivity contribution in [2.75, 3.05) is 6.61 Å². The third kappa shape index (κ3) is 3.45. The minimum atomic E-state index is -0.707. The Hall–Kier alpha value is -1.51. The second-order valence-corrected chi connectivity index (χ2v) is 7.15. The van der Waals surface area contributed by atoms with E-state index in [9.17, 15) is 9.90 Å². The summed E-state index contributed by atoms with van der Waals surface area (Å²) in [4.78, 5) is 11.3. The lowest BCUT2D eigenvalue weighted by Crippen LogP contribution is -2.20. The molecule has 0 saturated heterocycles. The van der Waals surface area contributed by atoms with Gasteiger partial charge in [0.05, 0.1) is 13.0 Å². The van der Waals surface area contributed by atoms with Crippen molar-refractivity contribution < 1.29 is 14.6 Å². The number of carboxylic acids is 1. The van der Waals surface area contributed by atoms with Gasteiger partial charge in [-0.1, -0.05) is 24.1 Å². The van der Waals surface area contributed by atoms with Gasteiger partial charge < -0.3 is 9.84 Å². The van der Waals surface area contributed by atoms with Crippen molar-refractivity contribution >= 4 is 5.97 Å². The van der Waals surface area contributed by atoms with Crippen LogP contribution in [-0.4, -0.2) is 17.7 Å². The normalized spacial score (nSPS) is 19.5. The Bertz CT molecular complexity index is 556. The van der Waals surface area contributed by atoms with Crippen molar-refractivity contribution in [3.8, 4) is 5.75 Å². The van der Waals surface area contributed by atoms with E-state index in [1.807, 2.05) is 0 Å². The lowest BCUT2D eigenvalue weighted by atomic mass is 9.86. The average Bonchev–Trinajstić information content (AvgIpc) is 3.20. The predicted molar refractivity (Wildman–Crippen MR) is 86.5 cm³/mol. The Labute approximate surface area is 132 Å². The van der Waals surface area contributed by atoms with Gasteiger partial charge in [0, 0.05) is 5.92 Å². The second kappa shape index (κ2) is 6.31. The molecule has 0 aromatic heterocycles. The van der Waals surface area contributed by atoms with E-state index < -0.39 is 5.97 Å². The molecule has 120 valence electrons. The molecule has 3 heteroatoms. The maximum absolute atomic E-state index is 11.3. The molecule has 0 spiro atoms. The number of carbonyl (C=O) groups is 1. The molecule has 0 aliphatic heterocycles. The molecule has 22 heavy (non-hydrogen) atoms. The highest BCUT2D eigenvalue weighted by molar-refractivity contribution is 5.68. The number of ether oxygens (including phenoxy) is 1. The Morgan fingerprint density at radius 3 is 2.55 bits per heavy atom. The molecule has 0 amide bonds. The molecule has 3 rings (SSSR count). The van der Waals surface area contributed by atoms with Gasteiger partial charge in [-0.2, -0.15) is 0 Å². The summed E-state index contributed by atoms with van der Waals surface area (Å²) >= 11 is 0. The molecule has 1 unspecified atom stereocenters. The molecule has 0 radical (unpaired) electrons. The van der Waals surface area contributed by atoms with Crippen LogP contribution in [0.25, 0.3) is 0 Å². The summed E-state index contributed by atoms with van der Waals surface area (Å²) < 4.78 is 6.17. The van der Waals surface area contributed by atoms with E-state index in [1.165, 1.54) is 24.8 Å². The van der Waals surface area contributed by atoms with Gasteiger partial charge in [-0.05, 0) is 62.5 Å². The molecule has 2 aliphatic rings. The quantitative estimate of drug-likeness (QED) is 0.809. The molecule has 0 heterocycles. The summed E-state index contributed by atoms with van der Waals surface area (Å²) in [5, 5.41) is 9.28. The fourth-order valence-electron chi connectivity index (χ4n) is 3.54. The molecule has 2 saturated carbocycles. The van der Waals surface area contributed by atoms with E-state index in [0.29, 0.717) is 11.8 Å². The average molecular weight is 302 g/mol. The maximum atomic E-state index is 11.3. The highest BCUT2D eigenvalue weighted by atomic mass is 16.5. The monoisotopic (exact) mass is 302 g/mol. The first kappa shape index (κ1) is 15.4. The largest absolute Gasteiger partial charge is 0.493 e. The van der Waals surface area contributed by atoms with Gasteiger partial charge >= 0.3 is 5.97 Å². The summed E-state index contributed by atoms with van der Waals surface area (Å²) in [6.07, 6.45) is 6.35. The molecule has 1 N–H and O–H groups in total. The Morgan fingerprint density at radius 2 is 2.00 bits per heavy atom. The van der Waals surface area contributed by atoms with Crippen LogP contribution in [0, 0.1) is 25.7 Å². The lowest BCUT2D eigenvalue weighted by Gasteiger charge is -2.28. The minimum absolute atomic E-state index is 0.104. The van der Waals surface area contributed by atoms with Gasteiger partial charge in [-0.3, -0.25) is 4.79 Å². The van der Waals surface area contributed by atoms with Crippen LogP contribution in [0.15, 0.2) is 12.1 Å². The molecular weight excluding hydrogens is 276 g/mol. The SMILES string of the molecule is Cc1cc(C)c(OCC2CCC2)c(C(CC(=O)O)C2CC2)c1. The number of carboxylic acid groups (broad SMARTS) is 1. The van der Waals surface area contributed by atoms with E-state index in [2.05, 4.69) is 26.0 Å². The molecular formula is C19H26O3. The molecule has 2 fully saturated rings. The molecule has 0 bridgehead atoms. The molecule has 2 aliphatic carbocycles. The summed E-state index contributed by atoms with van der Waals surface area (Å²) in [5.74, 6) is 1.56. The van der Waals surface area contributed by atoms with Crippen molar-refractivity contribution in [1.29, 1.82) is 0 Å². The molecule has 1 atom stereocenters. The third-order valence-electron chi connectivity index (χ3n) is 5.12. The fraction of sp³-hybridized carbons (Fsp3) is 0.632. The molecule has 3 nitrogen and oxygen atoms in total. The number of aryl methyl sites for hydroxylation is 2. The van der Waals surface area contributed by atoms with Crippen LogP contribution in [0.2, 0.25) is 0 Å². The lowest BCUT2D eigenvalue weighted by molar-refractivity contribution is -0.137. The zero-order valence-corrected chi connectivity index (χ0v) is 13.6. The van der Waals surface area contributed by atoms with Crippen molar-refractivity contribution in [2.24, 2.45) is 11.8 Å². The second-order valence-electron chi connectivity index (χ2n) is 7.15. The first-order valence-electron chi connectivity index (χ1n) is 8.50. The smallest absolute Gasteiger partial charge is 0.303 e. The molecule has 1 aromatic rings. The van der Waals surface area contributed by atoms with Crippen molar-refractivity contribution in [3.63, 3.8) is 0 Å². The topological polar surface area (TPSA) is 46.5 Å². The van der Waals surface area contributed by atoms with E-state index in [0.717, 1.165) is 36.3 Å². The van der Waals surface area contributed by atoms with Crippen molar-refractivity contribution in [1.82, 2.24) is 0 Å². The highest BCUT2D eigenvalue weighted by Crippen LogP contribution is 2.48. The first-order valence-corrected chi connectivity index (χ1v) is 8.50. The Balaban J connectivity index is 1.86. The Morgan fingerprint density at radius 1 is 1.27 bits per heavy atom. The standard InChI is InChI=1S/C19H26O3/c1-12-8-13(2)19(22-11-14-4-3-5-14)17(9-12)16(10-18(20)21)15-6-7-15/h8-9,14-16H,3-7,10-11H2,1-2H3,(H,20,21). The van der Waals surface area contributed by atoms with Gasteiger partial charge in [0.2, 0.25) is 0 Å². The van der Waals surface area contributed by atoms with Crippen LogP contribution in [0.1, 0.15) is 61.1 Å². The molecule has 1 aromatic carbocycles. The van der Waals surface area contributed by atoms with Crippen molar-refractivity contribution in [3.05, 3.63) is 28.8 Å². The summed E-state index contributed by atoms with van der Waals surface area (Å²) in [5.41, 5.74) is 3.46.